The normalized spacial score (nSPS) is 10.8. The zero-order valence-electron chi connectivity index (χ0n) is 17.3. The lowest BCUT2D eigenvalue weighted by atomic mass is 10.2. The second-order valence-corrected chi connectivity index (χ2v) is 8.93. The topological polar surface area (TPSA) is 88.9 Å². The first-order chi connectivity index (χ1) is 15.3. The van der Waals surface area contributed by atoms with Crippen LogP contribution >= 0.6 is 46.6 Å². The van der Waals surface area contributed by atoms with Gasteiger partial charge in [0.25, 0.3) is 0 Å². The molecule has 0 aliphatic carbocycles. The average Bonchev–Trinajstić information content (AvgIpc) is 3.13. The first-order valence-electron chi connectivity index (χ1n) is 9.63. The summed E-state index contributed by atoms with van der Waals surface area (Å²) >= 11 is 19.3. The van der Waals surface area contributed by atoms with Gasteiger partial charge in [-0.15, -0.1) is 10.2 Å². The molecule has 0 atom stereocenters. The van der Waals surface area contributed by atoms with Gasteiger partial charge >= 0.3 is 0 Å². The zero-order valence-corrected chi connectivity index (χ0v) is 20.4. The van der Waals surface area contributed by atoms with Crippen LogP contribution in [0.5, 0.6) is 0 Å². The number of carbonyl (C=O) groups excluding carboxylic acids is 2. The molecule has 3 rings (SSSR count). The Morgan fingerprint density at radius 3 is 2.50 bits per heavy atom. The molecule has 7 nitrogen and oxygen atoms in total. The number of amides is 2. The zero-order chi connectivity index (χ0) is 23.3. The van der Waals surface area contributed by atoms with E-state index in [0.717, 1.165) is 5.56 Å². The van der Waals surface area contributed by atoms with Crippen molar-refractivity contribution < 1.29 is 9.59 Å². The van der Waals surface area contributed by atoms with Crippen LogP contribution in [-0.2, 0) is 22.6 Å². The quantitative estimate of drug-likeness (QED) is 0.390. The maximum atomic E-state index is 12.5. The van der Waals surface area contributed by atoms with E-state index >= 15 is 0 Å². The van der Waals surface area contributed by atoms with Crippen molar-refractivity contribution in [2.24, 2.45) is 0 Å². The Bertz CT molecular complexity index is 1150. The third-order valence-electron chi connectivity index (χ3n) is 4.45. The van der Waals surface area contributed by atoms with Gasteiger partial charge in [0.15, 0.2) is 5.16 Å². The molecule has 2 amide bonds. The van der Waals surface area contributed by atoms with Gasteiger partial charge in [-0.3, -0.25) is 9.59 Å². The minimum Gasteiger partial charge on any atom is -0.325 e. The lowest BCUT2D eigenvalue weighted by Crippen LogP contribution is -2.18. The first kappa shape index (κ1) is 24.4. The summed E-state index contributed by atoms with van der Waals surface area (Å²) < 4.78 is 1.80. The van der Waals surface area contributed by atoms with E-state index in [-0.39, 0.29) is 29.0 Å². The first-order valence-corrected chi connectivity index (χ1v) is 11.7. The highest BCUT2D eigenvalue weighted by Crippen LogP contribution is 2.29. The highest BCUT2D eigenvalue weighted by molar-refractivity contribution is 7.99. The number of hydrogen-bond acceptors (Lipinski definition) is 5. The highest BCUT2D eigenvalue weighted by atomic mass is 35.5. The van der Waals surface area contributed by atoms with Crippen LogP contribution in [0.1, 0.15) is 18.3 Å². The Balaban J connectivity index is 1.61. The second-order valence-electron chi connectivity index (χ2n) is 6.77. The third kappa shape index (κ3) is 6.16. The number of aromatic nitrogens is 3. The number of hydrogen-bond donors (Lipinski definition) is 2. The summed E-state index contributed by atoms with van der Waals surface area (Å²) in [7, 11) is 0. The molecule has 0 aliphatic rings. The van der Waals surface area contributed by atoms with Gasteiger partial charge in [0, 0.05) is 17.3 Å². The van der Waals surface area contributed by atoms with E-state index < -0.39 is 0 Å². The Kier molecular flexibility index (Phi) is 8.42. The van der Waals surface area contributed by atoms with Crippen molar-refractivity contribution in [2.75, 3.05) is 16.4 Å². The van der Waals surface area contributed by atoms with Gasteiger partial charge in [-0.2, -0.15) is 0 Å². The summed E-state index contributed by atoms with van der Waals surface area (Å²) in [4.78, 5) is 24.8. The number of carbonyl (C=O) groups is 2. The molecule has 0 unspecified atom stereocenters. The molecule has 32 heavy (non-hydrogen) atoms. The summed E-state index contributed by atoms with van der Waals surface area (Å²) in [5.41, 5.74) is 2.00. The lowest BCUT2D eigenvalue weighted by Gasteiger charge is -2.10. The summed E-state index contributed by atoms with van der Waals surface area (Å²) in [6.45, 7) is 4.34. The molecule has 0 radical (unpaired) electrons. The number of nitrogens with zero attached hydrogens (tertiary/aromatic N) is 3. The van der Waals surface area contributed by atoms with Gasteiger partial charge in [0.1, 0.15) is 5.82 Å². The number of anilines is 2. The second kappa shape index (κ2) is 11.0. The number of aryl methyl sites for hydroxylation is 1. The van der Waals surface area contributed by atoms with Crippen LogP contribution in [0, 0.1) is 6.92 Å². The monoisotopic (exact) mass is 511 g/mol. The predicted octanol–water partition coefficient (Wildman–Crippen LogP) is 5.48. The Hall–Kier alpha value is -2.26. The van der Waals surface area contributed by atoms with Crippen molar-refractivity contribution in [3.63, 3.8) is 0 Å². The molecule has 0 bridgehead atoms. The summed E-state index contributed by atoms with van der Waals surface area (Å²) in [6.07, 6.45) is 0.000405. The van der Waals surface area contributed by atoms with E-state index in [2.05, 4.69) is 20.8 Å². The Morgan fingerprint density at radius 1 is 1.03 bits per heavy atom. The van der Waals surface area contributed by atoms with E-state index in [4.69, 9.17) is 34.8 Å². The van der Waals surface area contributed by atoms with Crippen molar-refractivity contribution in [2.45, 2.75) is 32.0 Å². The maximum absolute atomic E-state index is 12.5. The number of benzene rings is 2. The van der Waals surface area contributed by atoms with Crippen LogP contribution in [0.15, 0.2) is 41.6 Å². The van der Waals surface area contributed by atoms with Gasteiger partial charge in [-0.05, 0) is 49.7 Å². The maximum Gasteiger partial charge on any atom is 0.234 e. The fraction of sp³-hybridized carbons (Fsp3) is 0.238. The smallest absolute Gasteiger partial charge is 0.234 e. The van der Waals surface area contributed by atoms with Crippen LogP contribution in [0.3, 0.4) is 0 Å². The van der Waals surface area contributed by atoms with Crippen LogP contribution < -0.4 is 10.6 Å². The van der Waals surface area contributed by atoms with Gasteiger partial charge in [-0.1, -0.05) is 52.6 Å². The summed E-state index contributed by atoms with van der Waals surface area (Å²) in [6, 6.07) is 10.3. The van der Waals surface area contributed by atoms with E-state index in [1.807, 2.05) is 13.8 Å². The van der Waals surface area contributed by atoms with Crippen LogP contribution in [0.2, 0.25) is 15.1 Å². The minimum atomic E-state index is -0.302. The largest absolute Gasteiger partial charge is 0.325 e. The highest BCUT2D eigenvalue weighted by Gasteiger charge is 2.17. The molecule has 1 heterocycles. The SMILES string of the molecule is CCn1c(CC(=O)Nc2cccc(Cl)c2Cl)nnc1SCC(=O)Nc1ccc(Cl)cc1C. The molecule has 0 saturated carbocycles. The molecule has 0 fully saturated rings. The molecule has 11 heteroatoms. The third-order valence-corrected chi connectivity index (χ3v) is 6.47. The standard InChI is InChI=1S/C21H20Cl3N5O2S/c1-3-29-17(10-18(30)26-16-6-4-5-14(23)20(16)24)27-28-21(29)32-11-19(31)25-15-8-7-13(22)9-12(15)2/h4-9H,3,10-11H2,1-2H3,(H,25,31)(H,26,30). The summed E-state index contributed by atoms with van der Waals surface area (Å²) in [5.74, 6) is 0.147. The molecule has 0 spiro atoms. The fourth-order valence-corrected chi connectivity index (χ4v) is 4.29. The van der Waals surface area contributed by atoms with Gasteiger partial charge in [-0.25, -0.2) is 0 Å². The number of rotatable bonds is 8. The van der Waals surface area contributed by atoms with Crippen molar-refractivity contribution >= 4 is 69.8 Å². The van der Waals surface area contributed by atoms with Crippen molar-refractivity contribution in [3.8, 4) is 0 Å². The molecule has 1 aromatic heterocycles. The average molecular weight is 513 g/mol. The van der Waals surface area contributed by atoms with Gasteiger partial charge in [0.05, 0.1) is 27.9 Å². The summed E-state index contributed by atoms with van der Waals surface area (Å²) in [5, 5.41) is 15.6. The Morgan fingerprint density at radius 2 is 1.78 bits per heavy atom. The number of thioether (sulfide) groups is 1. The molecule has 168 valence electrons. The van der Waals surface area contributed by atoms with Crippen LogP contribution in [0.25, 0.3) is 0 Å². The van der Waals surface area contributed by atoms with E-state index in [1.165, 1.54) is 11.8 Å². The molecule has 0 saturated heterocycles. The fourth-order valence-electron chi connectivity index (χ4n) is 2.90. The van der Waals surface area contributed by atoms with Crippen LogP contribution in [-0.4, -0.2) is 32.3 Å². The molecule has 2 N–H and O–H groups in total. The van der Waals surface area contributed by atoms with E-state index in [9.17, 15) is 9.59 Å². The molecule has 2 aromatic carbocycles. The van der Waals surface area contributed by atoms with Crippen molar-refractivity contribution in [1.82, 2.24) is 14.8 Å². The Labute approximate surface area is 204 Å². The van der Waals surface area contributed by atoms with E-state index in [0.29, 0.717) is 38.9 Å². The number of nitrogens with one attached hydrogen (secondary N) is 2. The van der Waals surface area contributed by atoms with E-state index in [1.54, 1.807) is 41.0 Å². The minimum absolute atomic E-state index is 0.000405. The van der Waals surface area contributed by atoms with Crippen molar-refractivity contribution in [1.29, 1.82) is 0 Å². The lowest BCUT2D eigenvalue weighted by molar-refractivity contribution is -0.116. The van der Waals surface area contributed by atoms with Gasteiger partial charge in [0.2, 0.25) is 11.8 Å². The van der Waals surface area contributed by atoms with Gasteiger partial charge < -0.3 is 15.2 Å². The van der Waals surface area contributed by atoms with Crippen molar-refractivity contribution in [3.05, 3.63) is 62.9 Å². The predicted molar refractivity (Wildman–Crippen MR) is 130 cm³/mol. The molecule has 3 aromatic rings. The van der Waals surface area contributed by atoms with Crippen LogP contribution in [0.4, 0.5) is 11.4 Å². The number of halogens is 3. The molecular weight excluding hydrogens is 493 g/mol. The molecular formula is C21H20Cl3N5O2S. The molecule has 0 aliphatic heterocycles.